The first-order chi connectivity index (χ1) is 8.89. The predicted molar refractivity (Wildman–Crippen MR) is 77.8 cm³/mol. The number of carbonyl (C=O) groups is 1. The molecule has 4 nitrogen and oxygen atoms in total. The molecule has 2 fully saturated rings. The Morgan fingerprint density at radius 3 is 2.58 bits per heavy atom. The Labute approximate surface area is 117 Å². The summed E-state index contributed by atoms with van der Waals surface area (Å²) in [6.07, 6.45) is 3.68. The Hall–Kier alpha value is -0.610. The molecule has 4 heteroatoms. The van der Waals surface area contributed by atoms with Gasteiger partial charge in [-0.15, -0.1) is 0 Å². The molecule has 0 spiro atoms. The van der Waals surface area contributed by atoms with Crippen LogP contribution in [0.1, 0.15) is 47.0 Å². The van der Waals surface area contributed by atoms with Crippen LogP contribution in [0.5, 0.6) is 0 Å². The molecule has 1 N–H and O–H groups in total. The van der Waals surface area contributed by atoms with Crippen molar-refractivity contribution >= 4 is 5.91 Å². The largest absolute Gasteiger partial charge is 0.324 e. The lowest BCUT2D eigenvalue weighted by Crippen LogP contribution is -2.45. The Morgan fingerprint density at radius 1 is 1.47 bits per heavy atom. The molecule has 0 aromatic heterocycles. The first kappa shape index (κ1) is 14.8. The number of rotatable bonds is 6. The SMILES string of the molecule is CCC1(C)NC(C(C)C)N(CCN(C)C2CC2)C1=O. The van der Waals surface area contributed by atoms with E-state index in [-0.39, 0.29) is 17.6 Å². The molecule has 1 saturated heterocycles. The maximum atomic E-state index is 12.6. The Bertz CT molecular complexity index is 340. The number of carbonyl (C=O) groups excluding carboxylic acids is 1. The monoisotopic (exact) mass is 267 g/mol. The van der Waals surface area contributed by atoms with Crippen molar-refractivity contribution in [3.05, 3.63) is 0 Å². The molecule has 2 unspecified atom stereocenters. The van der Waals surface area contributed by atoms with Crippen LogP contribution >= 0.6 is 0 Å². The van der Waals surface area contributed by atoms with Crippen LogP contribution in [0.2, 0.25) is 0 Å². The van der Waals surface area contributed by atoms with Crippen LogP contribution in [-0.4, -0.2) is 53.6 Å². The van der Waals surface area contributed by atoms with E-state index in [1.54, 1.807) is 0 Å². The lowest BCUT2D eigenvalue weighted by Gasteiger charge is -2.29. The van der Waals surface area contributed by atoms with Gasteiger partial charge in [0.25, 0.3) is 0 Å². The quantitative estimate of drug-likeness (QED) is 0.795. The molecule has 1 aliphatic carbocycles. The molecule has 2 aliphatic rings. The zero-order valence-electron chi connectivity index (χ0n) is 13.1. The topological polar surface area (TPSA) is 35.6 Å². The van der Waals surface area contributed by atoms with E-state index in [4.69, 9.17) is 0 Å². The van der Waals surface area contributed by atoms with Crippen molar-refractivity contribution in [3.63, 3.8) is 0 Å². The van der Waals surface area contributed by atoms with E-state index in [9.17, 15) is 4.79 Å². The lowest BCUT2D eigenvalue weighted by atomic mass is 9.99. The number of nitrogens with zero attached hydrogens (tertiary/aromatic N) is 2. The number of likely N-dealkylation sites (N-methyl/N-ethyl adjacent to an activating group) is 1. The minimum absolute atomic E-state index is 0.185. The van der Waals surface area contributed by atoms with Gasteiger partial charge in [0, 0.05) is 19.1 Å². The first-order valence-corrected chi connectivity index (χ1v) is 7.68. The van der Waals surface area contributed by atoms with Gasteiger partial charge in [-0.2, -0.15) is 0 Å². The average Bonchev–Trinajstić information content (AvgIpc) is 3.17. The van der Waals surface area contributed by atoms with Crippen molar-refractivity contribution in [2.24, 2.45) is 5.92 Å². The molecule has 1 heterocycles. The zero-order valence-corrected chi connectivity index (χ0v) is 13.1. The summed E-state index contributed by atoms with van der Waals surface area (Å²) in [6.45, 7) is 10.3. The number of hydrogen-bond donors (Lipinski definition) is 1. The Morgan fingerprint density at radius 2 is 2.11 bits per heavy atom. The summed E-state index contributed by atoms with van der Waals surface area (Å²) >= 11 is 0. The van der Waals surface area contributed by atoms with Crippen LogP contribution < -0.4 is 5.32 Å². The van der Waals surface area contributed by atoms with Gasteiger partial charge in [-0.05, 0) is 39.2 Å². The van der Waals surface area contributed by atoms with Crippen LogP contribution in [0.3, 0.4) is 0 Å². The van der Waals surface area contributed by atoms with E-state index < -0.39 is 0 Å². The average molecular weight is 267 g/mol. The molecule has 0 radical (unpaired) electrons. The summed E-state index contributed by atoms with van der Waals surface area (Å²) in [5.74, 6) is 0.724. The normalized spacial score (nSPS) is 31.8. The molecule has 19 heavy (non-hydrogen) atoms. The van der Waals surface area contributed by atoms with Crippen molar-refractivity contribution in [1.82, 2.24) is 15.1 Å². The summed E-state index contributed by atoms with van der Waals surface area (Å²) in [5, 5.41) is 3.54. The van der Waals surface area contributed by atoms with Crippen LogP contribution in [0.4, 0.5) is 0 Å². The fourth-order valence-electron chi connectivity index (χ4n) is 2.89. The summed E-state index contributed by atoms with van der Waals surface area (Å²) < 4.78 is 0. The van der Waals surface area contributed by atoms with E-state index >= 15 is 0 Å². The van der Waals surface area contributed by atoms with E-state index in [1.807, 2.05) is 6.92 Å². The molecule has 1 aliphatic heterocycles. The fraction of sp³-hybridized carbons (Fsp3) is 0.933. The van der Waals surface area contributed by atoms with Crippen molar-refractivity contribution < 1.29 is 4.79 Å². The minimum atomic E-state index is -0.368. The standard InChI is InChI=1S/C15H29N3O/c1-6-15(4)14(19)18(13(16-15)11(2)3)10-9-17(5)12-7-8-12/h11-13,16H,6-10H2,1-5H3. The fourth-order valence-corrected chi connectivity index (χ4v) is 2.89. The van der Waals surface area contributed by atoms with Gasteiger partial charge in [0.2, 0.25) is 5.91 Å². The van der Waals surface area contributed by atoms with Gasteiger partial charge in [-0.1, -0.05) is 20.8 Å². The molecule has 1 saturated carbocycles. The van der Waals surface area contributed by atoms with Gasteiger partial charge in [-0.3, -0.25) is 10.1 Å². The van der Waals surface area contributed by atoms with Crippen LogP contribution in [-0.2, 0) is 4.79 Å². The van der Waals surface area contributed by atoms with E-state index in [1.165, 1.54) is 12.8 Å². The van der Waals surface area contributed by atoms with Gasteiger partial charge in [0.1, 0.15) is 0 Å². The molecule has 1 amide bonds. The van der Waals surface area contributed by atoms with Gasteiger partial charge in [-0.25, -0.2) is 0 Å². The van der Waals surface area contributed by atoms with E-state index in [0.717, 1.165) is 25.6 Å². The third kappa shape index (κ3) is 2.95. The van der Waals surface area contributed by atoms with Gasteiger partial charge < -0.3 is 9.80 Å². The van der Waals surface area contributed by atoms with Gasteiger partial charge in [0.15, 0.2) is 0 Å². The van der Waals surface area contributed by atoms with Crippen molar-refractivity contribution in [3.8, 4) is 0 Å². The third-order valence-electron chi connectivity index (χ3n) is 4.74. The highest BCUT2D eigenvalue weighted by molar-refractivity contribution is 5.88. The van der Waals surface area contributed by atoms with Crippen molar-refractivity contribution in [2.75, 3.05) is 20.1 Å². The molecule has 2 rings (SSSR count). The summed E-state index contributed by atoms with van der Waals surface area (Å²) in [6, 6.07) is 0.765. The zero-order chi connectivity index (χ0) is 14.2. The highest BCUT2D eigenvalue weighted by Gasteiger charge is 2.47. The summed E-state index contributed by atoms with van der Waals surface area (Å²) in [7, 11) is 2.18. The third-order valence-corrected chi connectivity index (χ3v) is 4.74. The second-order valence-electron chi connectivity index (χ2n) is 6.73. The second-order valence-corrected chi connectivity index (χ2v) is 6.73. The predicted octanol–water partition coefficient (Wildman–Crippen LogP) is 1.66. The maximum absolute atomic E-state index is 12.6. The van der Waals surface area contributed by atoms with Crippen LogP contribution in [0.15, 0.2) is 0 Å². The molecule has 2 atom stereocenters. The van der Waals surface area contributed by atoms with Crippen molar-refractivity contribution in [2.45, 2.75) is 64.7 Å². The van der Waals surface area contributed by atoms with E-state index in [0.29, 0.717) is 5.92 Å². The number of amides is 1. The van der Waals surface area contributed by atoms with Gasteiger partial charge >= 0.3 is 0 Å². The van der Waals surface area contributed by atoms with Crippen LogP contribution in [0, 0.1) is 5.92 Å². The number of nitrogens with one attached hydrogen (secondary N) is 1. The number of hydrogen-bond acceptors (Lipinski definition) is 3. The highest BCUT2D eigenvalue weighted by atomic mass is 16.2. The van der Waals surface area contributed by atoms with Gasteiger partial charge in [0.05, 0.1) is 11.7 Å². The Kier molecular flexibility index (Phi) is 4.21. The molecule has 0 aromatic carbocycles. The second kappa shape index (κ2) is 5.41. The molecular weight excluding hydrogens is 238 g/mol. The highest BCUT2D eigenvalue weighted by Crippen LogP contribution is 2.28. The van der Waals surface area contributed by atoms with E-state index in [2.05, 4.69) is 42.9 Å². The molecular formula is C15H29N3O. The van der Waals surface area contributed by atoms with Crippen molar-refractivity contribution in [1.29, 1.82) is 0 Å². The smallest absolute Gasteiger partial charge is 0.243 e. The molecule has 110 valence electrons. The lowest BCUT2D eigenvalue weighted by molar-refractivity contribution is -0.133. The Balaban J connectivity index is 2.00. The van der Waals surface area contributed by atoms with Crippen LogP contribution in [0.25, 0.3) is 0 Å². The molecule has 0 bridgehead atoms. The summed E-state index contributed by atoms with van der Waals surface area (Å²) in [5.41, 5.74) is -0.368. The summed E-state index contributed by atoms with van der Waals surface area (Å²) in [4.78, 5) is 17.1. The molecule has 0 aromatic rings. The maximum Gasteiger partial charge on any atom is 0.243 e. The minimum Gasteiger partial charge on any atom is -0.324 e. The first-order valence-electron chi connectivity index (χ1n) is 7.68.